The van der Waals surface area contributed by atoms with Crippen molar-refractivity contribution >= 4 is 0 Å². The van der Waals surface area contributed by atoms with E-state index in [1.54, 1.807) is 0 Å². The predicted molar refractivity (Wildman–Crippen MR) is 64.5 cm³/mol. The van der Waals surface area contributed by atoms with Gasteiger partial charge >= 0.3 is 0 Å². The summed E-state index contributed by atoms with van der Waals surface area (Å²) in [4.78, 5) is 0. The van der Waals surface area contributed by atoms with Crippen molar-refractivity contribution in [1.82, 2.24) is 0 Å². The Balaban J connectivity index is 1.91. The molecule has 0 saturated heterocycles. The fourth-order valence-corrected chi connectivity index (χ4v) is 2.13. The minimum atomic E-state index is -0.305. The van der Waals surface area contributed by atoms with E-state index >= 15 is 0 Å². The molecule has 1 aromatic rings. The monoisotopic (exact) mass is 220 g/mol. The molecule has 16 heavy (non-hydrogen) atoms. The number of hydrogen-bond acceptors (Lipinski definition) is 2. The van der Waals surface area contributed by atoms with E-state index in [4.69, 9.17) is 4.74 Å². The van der Waals surface area contributed by atoms with E-state index in [9.17, 15) is 5.11 Å². The number of aliphatic hydroxyl groups excluding tert-OH is 1. The van der Waals surface area contributed by atoms with Crippen molar-refractivity contribution in [3.8, 4) is 5.75 Å². The fourth-order valence-electron chi connectivity index (χ4n) is 2.13. The van der Waals surface area contributed by atoms with Gasteiger partial charge < -0.3 is 9.84 Å². The van der Waals surface area contributed by atoms with Crippen LogP contribution in [0.2, 0.25) is 0 Å². The van der Waals surface area contributed by atoms with Crippen molar-refractivity contribution < 1.29 is 9.84 Å². The van der Waals surface area contributed by atoms with Crippen LogP contribution in [0.15, 0.2) is 24.3 Å². The maximum atomic E-state index is 10.0. The lowest BCUT2D eigenvalue weighted by atomic mass is 9.80. The van der Waals surface area contributed by atoms with Gasteiger partial charge in [0.1, 0.15) is 5.75 Å². The van der Waals surface area contributed by atoms with Crippen LogP contribution in [0.25, 0.3) is 0 Å². The summed E-state index contributed by atoms with van der Waals surface area (Å²) in [5.41, 5.74) is 1.01. The molecule has 0 aromatic heterocycles. The van der Waals surface area contributed by atoms with Crippen molar-refractivity contribution in [2.45, 2.75) is 38.7 Å². The molecule has 1 aromatic carbocycles. The Bertz CT molecular complexity index is 314. The summed E-state index contributed by atoms with van der Waals surface area (Å²) >= 11 is 0. The van der Waals surface area contributed by atoms with E-state index in [0.717, 1.165) is 23.7 Å². The molecule has 2 nitrogen and oxygen atoms in total. The Morgan fingerprint density at radius 2 is 2.00 bits per heavy atom. The Kier molecular flexibility index (Phi) is 3.83. The smallest absolute Gasteiger partial charge is 0.119 e. The first-order valence-electron chi connectivity index (χ1n) is 6.20. The second-order valence-corrected chi connectivity index (χ2v) is 4.55. The summed E-state index contributed by atoms with van der Waals surface area (Å²) in [5.74, 6) is 1.61. The third-order valence-corrected chi connectivity index (χ3v) is 3.36. The molecule has 0 bridgehead atoms. The Labute approximate surface area is 97.3 Å². The minimum absolute atomic E-state index is 0.305. The standard InChI is InChI=1S/C14H20O2/c1-2-16-13-8-6-12(7-9-13)14(15)10-11-4-3-5-11/h6-9,11,14-15H,2-5,10H2,1H3. The van der Waals surface area contributed by atoms with Crippen LogP contribution < -0.4 is 4.74 Å². The Morgan fingerprint density at radius 3 is 2.50 bits per heavy atom. The van der Waals surface area contributed by atoms with Gasteiger partial charge in [0.15, 0.2) is 0 Å². The summed E-state index contributed by atoms with van der Waals surface area (Å²) in [6.45, 7) is 2.66. The SMILES string of the molecule is CCOc1ccc(C(O)CC2CCC2)cc1. The first-order valence-corrected chi connectivity index (χ1v) is 6.20. The molecule has 0 aliphatic heterocycles. The van der Waals surface area contributed by atoms with Crippen molar-refractivity contribution in [2.24, 2.45) is 5.92 Å². The summed E-state index contributed by atoms with van der Waals surface area (Å²) in [6, 6.07) is 7.80. The highest BCUT2D eigenvalue weighted by atomic mass is 16.5. The largest absolute Gasteiger partial charge is 0.494 e. The van der Waals surface area contributed by atoms with Gasteiger partial charge in [0, 0.05) is 0 Å². The van der Waals surface area contributed by atoms with Gasteiger partial charge in [-0.15, -0.1) is 0 Å². The lowest BCUT2D eigenvalue weighted by molar-refractivity contribution is 0.118. The molecule has 1 saturated carbocycles. The minimum Gasteiger partial charge on any atom is -0.494 e. The molecule has 1 aliphatic carbocycles. The molecule has 0 amide bonds. The number of rotatable bonds is 5. The molecule has 0 heterocycles. The molecular formula is C14H20O2. The Hall–Kier alpha value is -1.02. The number of hydrogen-bond donors (Lipinski definition) is 1. The number of benzene rings is 1. The van der Waals surface area contributed by atoms with Crippen LogP contribution in [-0.2, 0) is 0 Å². The van der Waals surface area contributed by atoms with E-state index < -0.39 is 0 Å². The van der Waals surface area contributed by atoms with Gasteiger partial charge in [-0.1, -0.05) is 31.4 Å². The lowest BCUT2D eigenvalue weighted by Crippen LogP contribution is -2.14. The third kappa shape index (κ3) is 2.76. The summed E-state index contributed by atoms with van der Waals surface area (Å²) in [5, 5.41) is 10.0. The maximum absolute atomic E-state index is 10.0. The molecule has 2 heteroatoms. The summed E-state index contributed by atoms with van der Waals surface area (Å²) in [7, 11) is 0. The molecule has 2 rings (SSSR count). The van der Waals surface area contributed by atoms with Crippen LogP contribution in [0.5, 0.6) is 5.75 Å². The van der Waals surface area contributed by atoms with E-state index in [2.05, 4.69) is 0 Å². The quantitative estimate of drug-likeness (QED) is 0.825. The zero-order chi connectivity index (χ0) is 11.4. The van der Waals surface area contributed by atoms with Crippen LogP contribution in [0.3, 0.4) is 0 Å². The molecule has 88 valence electrons. The Morgan fingerprint density at radius 1 is 1.31 bits per heavy atom. The van der Waals surface area contributed by atoms with Crippen molar-refractivity contribution in [3.05, 3.63) is 29.8 Å². The predicted octanol–water partition coefficient (Wildman–Crippen LogP) is 3.31. The number of aliphatic hydroxyl groups is 1. The fraction of sp³-hybridized carbons (Fsp3) is 0.571. The van der Waals surface area contributed by atoms with Crippen LogP contribution >= 0.6 is 0 Å². The lowest BCUT2D eigenvalue weighted by Gasteiger charge is -2.27. The van der Waals surface area contributed by atoms with Crippen LogP contribution in [0, 0.1) is 5.92 Å². The molecular weight excluding hydrogens is 200 g/mol. The average Bonchev–Trinajstić information content (AvgIpc) is 2.25. The van der Waals surface area contributed by atoms with Gasteiger partial charge in [0.2, 0.25) is 0 Å². The normalized spacial score (nSPS) is 17.9. The highest BCUT2D eigenvalue weighted by Gasteiger charge is 2.21. The van der Waals surface area contributed by atoms with Gasteiger partial charge in [-0.05, 0) is 37.0 Å². The molecule has 0 radical (unpaired) electrons. The maximum Gasteiger partial charge on any atom is 0.119 e. The van der Waals surface area contributed by atoms with Crippen LogP contribution in [-0.4, -0.2) is 11.7 Å². The highest BCUT2D eigenvalue weighted by molar-refractivity contribution is 5.28. The van der Waals surface area contributed by atoms with Crippen molar-refractivity contribution in [1.29, 1.82) is 0 Å². The topological polar surface area (TPSA) is 29.5 Å². The number of ether oxygens (including phenoxy) is 1. The second-order valence-electron chi connectivity index (χ2n) is 4.55. The molecule has 1 fully saturated rings. The molecule has 1 unspecified atom stereocenters. The van der Waals surface area contributed by atoms with Crippen molar-refractivity contribution in [2.75, 3.05) is 6.61 Å². The zero-order valence-corrected chi connectivity index (χ0v) is 9.86. The molecule has 1 atom stereocenters. The van der Waals surface area contributed by atoms with E-state index in [1.807, 2.05) is 31.2 Å². The van der Waals surface area contributed by atoms with E-state index in [0.29, 0.717) is 6.61 Å². The van der Waals surface area contributed by atoms with E-state index in [1.165, 1.54) is 19.3 Å². The average molecular weight is 220 g/mol. The molecule has 1 aliphatic rings. The first-order chi connectivity index (χ1) is 7.79. The first kappa shape index (κ1) is 11.5. The third-order valence-electron chi connectivity index (χ3n) is 3.36. The van der Waals surface area contributed by atoms with Gasteiger partial charge in [-0.2, -0.15) is 0 Å². The second kappa shape index (κ2) is 5.35. The highest BCUT2D eigenvalue weighted by Crippen LogP contribution is 2.34. The summed E-state index contributed by atoms with van der Waals surface area (Å²) < 4.78 is 5.37. The van der Waals surface area contributed by atoms with Gasteiger partial charge in [0.25, 0.3) is 0 Å². The van der Waals surface area contributed by atoms with Gasteiger partial charge in [-0.3, -0.25) is 0 Å². The zero-order valence-electron chi connectivity index (χ0n) is 9.86. The molecule has 0 spiro atoms. The van der Waals surface area contributed by atoms with Gasteiger partial charge in [-0.25, -0.2) is 0 Å². The summed E-state index contributed by atoms with van der Waals surface area (Å²) in [6.07, 6.45) is 4.51. The van der Waals surface area contributed by atoms with E-state index in [-0.39, 0.29) is 6.10 Å². The van der Waals surface area contributed by atoms with Crippen LogP contribution in [0.1, 0.15) is 44.3 Å². The molecule has 1 N–H and O–H groups in total. The van der Waals surface area contributed by atoms with Gasteiger partial charge in [0.05, 0.1) is 12.7 Å². The van der Waals surface area contributed by atoms with Crippen molar-refractivity contribution in [3.63, 3.8) is 0 Å². The van der Waals surface area contributed by atoms with Crippen LogP contribution in [0.4, 0.5) is 0 Å².